The van der Waals surface area contributed by atoms with E-state index in [2.05, 4.69) is 5.32 Å². The Morgan fingerprint density at radius 2 is 1.89 bits per heavy atom. The molecule has 0 saturated carbocycles. The summed E-state index contributed by atoms with van der Waals surface area (Å²) in [7, 11) is 1.54. The molecule has 1 heterocycles. The van der Waals surface area contributed by atoms with Gasteiger partial charge in [0.1, 0.15) is 30.6 Å². The molecule has 204 valence electrons. The first-order valence-electron chi connectivity index (χ1n) is 12.5. The Balaban J connectivity index is 1.73. The van der Waals surface area contributed by atoms with E-state index in [1.807, 2.05) is 30.3 Å². The minimum atomic E-state index is -0.901. The van der Waals surface area contributed by atoms with E-state index in [1.165, 1.54) is 11.9 Å². The lowest BCUT2D eigenvalue weighted by molar-refractivity contribution is -0.155. The number of rotatable bonds is 10. The third-order valence-corrected chi connectivity index (χ3v) is 6.34. The molecule has 1 aromatic rings. The molecule has 10 heteroatoms. The molecule has 3 rings (SSSR count). The highest BCUT2D eigenvalue weighted by molar-refractivity contribution is 5.97. The minimum Gasteiger partial charge on any atom is -0.460 e. The van der Waals surface area contributed by atoms with Crippen molar-refractivity contribution in [3.63, 3.8) is 0 Å². The quantitative estimate of drug-likeness (QED) is 0.392. The Morgan fingerprint density at radius 1 is 1.19 bits per heavy atom. The van der Waals surface area contributed by atoms with Gasteiger partial charge in [-0.2, -0.15) is 0 Å². The molecule has 2 aliphatic rings. The van der Waals surface area contributed by atoms with Crippen molar-refractivity contribution in [2.75, 3.05) is 20.4 Å². The fraction of sp³-hybridized carbons (Fsp3) is 0.593. The predicted molar refractivity (Wildman–Crippen MR) is 134 cm³/mol. The SMILES string of the molecule is CN(C(=O)C1=C[C@H]2OCO[C@H]2[C@H](O)C1)[C@H](Cc1ccccc1)C(=O)N[C@H](CO)CCC(=O)OC(C)(C)C. The lowest BCUT2D eigenvalue weighted by atomic mass is 9.91. The number of hydrogen-bond donors (Lipinski definition) is 3. The number of nitrogens with one attached hydrogen (secondary N) is 1. The van der Waals surface area contributed by atoms with Crippen LogP contribution in [0, 0.1) is 0 Å². The van der Waals surface area contributed by atoms with Gasteiger partial charge in [0, 0.05) is 31.9 Å². The molecular weight excluding hydrogens is 480 g/mol. The number of carbonyl (C=O) groups excluding carboxylic acids is 3. The van der Waals surface area contributed by atoms with Gasteiger partial charge in [0.05, 0.1) is 18.8 Å². The molecule has 2 amide bonds. The van der Waals surface area contributed by atoms with Crippen molar-refractivity contribution in [1.29, 1.82) is 0 Å². The van der Waals surface area contributed by atoms with E-state index in [9.17, 15) is 24.6 Å². The molecular formula is C27H38N2O8. The van der Waals surface area contributed by atoms with Crippen molar-refractivity contribution in [3.8, 4) is 0 Å². The van der Waals surface area contributed by atoms with Gasteiger partial charge in [-0.05, 0) is 38.8 Å². The predicted octanol–water partition coefficient (Wildman–Crippen LogP) is 1.09. The molecule has 1 aliphatic carbocycles. The van der Waals surface area contributed by atoms with Crippen molar-refractivity contribution in [1.82, 2.24) is 10.2 Å². The number of aliphatic hydroxyl groups excluding tert-OH is 2. The molecule has 3 N–H and O–H groups in total. The fourth-order valence-electron chi connectivity index (χ4n) is 4.43. The van der Waals surface area contributed by atoms with Crippen LogP contribution in [0.15, 0.2) is 42.0 Å². The van der Waals surface area contributed by atoms with E-state index >= 15 is 0 Å². The number of amides is 2. The summed E-state index contributed by atoms with van der Waals surface area (Å²) in [6, 6.07) is 7.69. The number of hydrogen-bond acceptors (Lipinski definition) is 8. The highest BCUT2D eigenvalue weighted by atomic mass is 16.7. The molecule has 0 bridgehead atoms. The van der Waals surface area contributed by atoms with E-state index in [1.54, 1.807) is 26.8 Å². The highest BCUT2D eigenvalue weighted by Gasteiger charge is 2.41. The maximum atomic E-state index is 13.4. The first kappa shape index (κ1) is 28.8. The van der Waals surface area contributed by atoms with Crippen LogP contribution in [0.1, 0.15) is 45.6 Å². The first-order chi connectivity index (χ1) is 17.5. The molecule has 0 unspecified atom stereocenters. The summed E-state index contributed by atoms with van der Waals surface area (Å²) in [4.78, 5) is 40.3. The maximum absolute atomic E-state index is 13.4. The lowest BCUT2D eigenvalue weighted by Crippen LogP contribution is -2.53. The summed E-state index contributed by atoms with van der Waals surface area (Å²) in [5.41, 5.74) is 0.564. The van der Waals surface area contributed by atoms with Crippen LogP contribution in [0.3, 0.4) is 0 Å². The van der Waals surface area contributed by atoms with Crippen LogP contribution in [-0.2, 0) is 35.0 Å². The van der Waals surface area contributed by atoms with Crippen LogP contribution in [0.2, 0.25) is 0 Å². The second-order valence-corrected chi connectivity index (χ2v) is 10.5. The van der Waals surface area contributed by atoms with Gasteiger partial charge in [0.2, 0.25) is 11.8 Å². The van der Waals surface area contributed by atoms with E-state index < -0.39 is 53.8 Å². The molecule has 1 fully saturated rings. The van der Waals surface area contributed by atoms with Gasteiger partial charge < -0.3 is 34.6 Å². The standard InChI is InChI=1S/C27H38N2O8/c1-27(2,3)37-23(32)11-10-19(15-30)28-25(33)20(12-17-8-6-5-7-9-17)29(4)26(34)18-13-21(31)24-22(14-18)35-16-36-24/h5-9,14,19-22,24,30-31H,10-13,15-16H2,1-4H3,(H,28,33)/t19-,20+,21+,22+,24-/m0/s1. The molecule has 5 atom stereocenters. The van der Waals surface area contributed by atoms with Crippen molar-refractivity contribution < 1.29 is 38.8 Å². The molecule has 37 heavy (non-hydrogen) atoms. The monoisotopic (exact) mass is 518 g/mol. The summed E-state index contributed by atoms with van der Waals surface area (Å²) in [6.45, 7) is 4.98. The molecule has 0 radical (unpaired) electrons. The number of fused-ring (bicyclic) bond motifs is 1. The molecule has 0 aromatic heterocycles. The fourth-order valence-corrected chi connectivity index (χ4v) is 4.43. The average molecular weight is 519 g/mol. The van der Waals surface area contributed by atoms with Crippen molar-refractivity contribution in [2.24, 2.45) is 0 Å². The number of ether oxygens (including phenoxy) is 3. The summed E-state index contributed by atoms with van der Waals surface area (Å²) in [6.07, 6.45) is 0.254. The van der Waals surface area contributed by atoms with E-state index in [-0.39, 0.29) is 39.1 Å². The largest absolute Gasteiger partial charge is 0.460 e. The zero-order valence-corrected chi connectivity index (χ0v) is 21.9. The van der Waals surface area contributed by atoms with Crippen LogP contribution >= 0.6 is 0 Å². The van der Waals surface area contributed by atoms with Crippen molar-refractivity contribution in [3.05, 3.63) is 47.5 Å². The first-order valence-corrected chi connectivity index (χ1v) is 12.5. The number of nitrogens with zero attached hydrogens (tertiary/aromatic N) is 1. The summed E-state index contributed by atoms with van der Waals surface area (Å²) < 4.78 is 16.2. The van der Waals surface area contributed by atoms with Crippen LogP contribution in [-0.4, -0.2) is 89.3 Å². The van der Waals surface area contributed by atoms with Gasteiger partial charge in [-0.25, -0.2) is 0 Å². The van der Waals surface area contributed by atoms with E-state index in [0.29, 0.717) is 5.57 Å². The van der Waals surface area contributed by atoms with Crippen LogP contribution in [0.4, 0.5) is 0 Å². The van der Waals surface area contributed by atoms with Gasteiger partial charge in [-0.1, -0.05) is 30.3 Å². The summed E-state index contributed by atoms with van der Waals surface area (Å²) in [5, 5.41) is 23.1. The van der Waals surface area contributed by atoms with E-state index in [4.69, 9.17) is 14.2 Å². The third-order valence-electron chi connectivity index (χ3n) is 6.34. The van der Waals surface area contributed by atoms with Gasteiger partial charge in [-0.15, -0.1) is 0 Å². The molecule has 1 aromatic carbocycles. The van der Waals surface area contributed by atoms with Gasteiger partial charge in [-0.3, -0.25) is 14.4 Å². The third kappa shape index (κ3) is 8.10. The Hall–Kier alpha value is -2.79. The second-order valence-electron chi connectivity index (χ2n) is 10.5. The Morgan fingerprint density at radius 3 is 2.54 bits per heavy atom. The summed E-state index contributed by atoms with van der Waals surface area (Å²) >= 11 is 0. The number of aliphatic hydroxyl groups is 2. The van der Waals surface area contributed by atoms with Crippen molar-refractivity contribution >= 4 is 17.8 Å². The number of carbonyl (C=O) groups is 3. The van der Waals surface area contributed by atoms with Gasteiger partial charge in [0.25, 0.3) is 0 Å². The lowest BCUT2D eigenvalue weighted by Gasteiger charge is -2.32. The number of likely N-dealkylation sites (N-methyl/N-ethyl adjacent to an activating group) is 1. The van der Waals surface area contributed by atoms with E-state index in [0.717, 1.165) is 5.56 Å². The van der Waals surface area contributed by atoms with Gasteiger partial charge >= 0.3 is 5.97 Å². The Kier molecular flexibility index (Phi) is 9.83. The van der Waals surface area contributed by atoms with Crippen LogP contribution in [0.25, 0.3) is 0 Å². The number of benzene rings is 1. The normalized spacial score (nSPS) is 22.9. The Bertz CT molecular complexity index is 974. The van der Waals surface area contributed by atoms with Gasteiger partial charge in [0.15, 0.2) is 0 Å². The average Bonchev–Trinajstić information content (AvgIpc) is 3.33. The highest BCUT2D eigenvalue weighted by Crippen LogP contribution is 2.29. The van der Waals surface area contributed by atoms with Crippen LogP contribution in [0.5, 0.6) is 0 Å². The molecule has 1 saturated heterocycles. The Labute approximate surface area is 217 Å². The zero-order valence-electron chi connectivity index (χ0n) is 21.9. The second kappa shape index (κ2) is 12.6. The maximum Gasteiger partial charge on any atom is 0.306 e. The molecule has 0 spiro atoms. The van der Waals surface area contributed by atoms with Crippen molar-refractivity contribution in [2.45, 2.75) is 82.5 Å². The topological polar surface area (TPSA) is 135 Å². The zero-order chi connectivity index (χ0) is 27.2. The summed E-state index contributed by atoms with van der Waals surface area (Å²) in [5.74, 6) is -1.29. The minimum absolute atomic E-state index is 0.0241. The smallest absolute Gasteiger partial charge is 0.306 e. The van der Waals surface area contributed by atoms with Crippen LogP contribution < -0.4 is 5.32 Å². The molecule has 10 nitrogen and oxygen atoms in total. The number of esters is 1. The molecule has 1 aliphatic heterocycles.